The summed E-state index contributed by atoms with van der Waals surface area (Å²) in [5, 5.41) is 6.34. The first kappa shape index (κ1) is 18.7. The predicted molar refractivity (Wildman–Crippen MR) is 104 cm³/mol. The van der Waals surface area contributed by atoms with Crippen molar-refractivity contribution in [3.8, 4) is 17.0 Å². The van der Waals surface area contributed by atoms with Crippen molar-refractivity contribution < 1.29 is 13.2 Å². The van der Waals surface area contributed by atoms with Gasteiger partial charge in [-0.05, 0) is 67.4 Å². The van der Waals surface area contributed by atoms with Gasteiger partial charge in [-0.1, -0.05) is 0 Å². The van der Waals surface area contributed by atoms with Gasteiger partial charge < -0.3 is 4.74 Å². The molecule has 2 N–H and O–H groups in total. The molecule has 0 saturated carbocycles. The maximum atomic E-state index is 12.9. The van der Waals surface area contributed by atoms with Gasteiger partial charge in [-0.15, -0.1) is 0 Å². The summed E-state index contributed by atoms with van der Waals surface area (Å²) >= 11 is 0. The summed E-state index contributed by atoms with van der Waals surface area (Å²) in [6, 6.07) is 12.9. The van der Waals surface area contributed by atoms with E-state index in [4.69, 9.17) is 4.74 Å². The summed E-state index contributed by atoms with van der Waals surface area (Å²) in [4.78, 5) is 11.4. The Labute approximate surface area is 157 Å². The number of methoxy groups -OCH3 is 1. The van der Waals surface area contributed by atoms with Gasteiger partial charge >= 0.3 is 0 Å². The molecule has 8 heteroatoms. The highest BCUT2D eigenvalue weighted by atomic mass is 32.2. The van der Waals surface area contributed by atoms with Crippen molar-refractivity contribution in [2.75, 3.05) is 11.8 Å². The van der Waals surface area contributed by atoms with Crippen LogP contribution in [0.3, 0.4) is 0 Å². The van der Waals surface area contributed by atoms with Gasteiger partial charge in [0.15, 0.2) is 0 Å². The third-order valence-corrected chi connectivity index (χ3v) is 5.73. The van der Waals surface area contributed by atoms with Crippen LogP contribution < -0.4 is 15.0 Å². The van der Waals surface area contributed by atoms with E-state index in [-0.39, 0.29) is 10.5 Å². The summed E-state index contributed by atoms with van der Waals surface area (Å²) in [5.41, 5.74) is 2.64. The van der Waals surface area contributed by atoms with Gasteiger partial charge in [0.25, 0.3) is 15.6 Å². The van der Waals surface area contributed by atoms with E-state index >= 15 is 0 Å². The molecule has 3 aromatic rings. The maximum Gasteiger partial charge on any atom is 0.264 e. The molecule has 0 amide bonds. The molecule has 0 aliphatic rings. The van der Waals surface area contributed by atoms with Crippen molar-refractivity contribution in [1.29, 1.82) is 0 Å². The summed E-state index contributed by atoms with van der Waals surface area (Å²) in [6.45, 7) is 3.58. The van der Waals surface area contributed by atoms with E-state index in [1.807, 2.05) is 13.0 Å². The highest BCUT2D eigenvalue weighted by Gasteiger charge is 2.20. The van der Waals surface area contributed by atoms with Crippen molar-refractivity contribution >= 4 is 15.7 Å². The molecule has 0 spiro atoms. The van der Waals surface area contributed by atoms with E-state index in [0.717, 1.165) is 5.56 Å². The summed E-state index contributed by atoms with van der Waals surface area (Å²) < 4.78 is 33.6. The number of rotatable bonds is 5. The minimum atomic E-state index is -3.82. The Morgan fingerprint density at radius 3 is 2.33 bits per heavy atom. The average molecular weight is 385 g/mol. The van der Waals surface area contributed by atoms with Crippen LogP contribution in [0.2, 0.25) is 0 Å². The highest BCUT2D eigenvalue weighted by molar-refractivity contribution is 7.92. The number of sulfonamides is 1. The monoisotopic (exact) mass is 385 g/mol. The Bertz CT molecular complexity index is 1120. The van der Waals surface area contributed by atoms with Gasteiger partial charge in [0, 0.05) is 17.3 Å². The quantitative estimate of drug-likeness (QED) is 0.703. The lowest BCUT2D eigenvalue weighted by Gasteiger charge is -2.14. The molecular formula is C19H19N3O4S. The number of nitrogens with one attached hydrogen (secondary N) is 2. The van der Waals surface area contributed by atoms with Gasteiger partial charge in [0.1, 0.15) is 5.75 Å². The number of hydrogen-bond acceptors (Lipinski definition) is 5. The Kier molecular flexibility index (Phi) is 5.00. The van der Waals surface area contributed by atoms with Crippen LogP contribution in [0.4, 0.5) is 5.69 Å². The second-order valence-corrected chi connectivity index (χ2v) is 7.71. The lowest BCUT2D eigenvalue weighted by atomic mass is 10.0. The average Bonchev–Trinajstić information content (AvgIpc) is 2.64. The zero-order valence-corrected chi connectivity index (χ0v) is 15.9. The van der Waals surface area contributed by atoms with Gasteiger partial charge in [0.05, 0.1) is 17.7 Å². The van der Waals surface area contributed by atoms with Crippen LogP contribution in [0.5, 0.6) is 5.75 Å². The number of aromatic nitrogens is 2. The molecule has 1 heterocycles. The topological polar surface area (TPSA) is 101 Å². The first-order valence-electron chi connectivity index (χ1n) is 8.14. The molecule has 2 aromatic carbocycles. The lowest BCUT2D eigenvalue weighted by Crippen LogP contribution is -2.15. The summed E-state index contributed by atoms with van der Waals surface area (Å²) in [7, 11) is -2.27. The molecule has 3 rings (SSSR count). The molecule has 7 nitrogen and oxygen atoms in total. The van der Waals surface area contributed by atoms with Crippen LogP contribution in [-0.2, 0) is 10.0 Å². The van der Waals surface area contributed by atoms with Gasteiger partial charge in [0.2, 0.25) is 0 Å². The fraction of sp³-hybridized carbons (Fsp3) is 0.158. The summed E-state index contributed by atoms with van der Waals surface area (Å²) in [6.07, 6.45) is 0. The van der Waals surface area contributed by atoms with Crippen LogP contribution in [0.25, 0.3) is 11.3 Å². The van der Waals surface area contributed by atoms with Crippen molar-refractivity contribution in [1.82, 2.24) is 10.2 Å². The summed E-state index contributed by atoms with van der Waals surface area (Å²) in [5.74, 6) is 0.635. The third-order valence-electron chi connectivity index (χ3n) is 4.23. The van der Waals surface area contributed by atoms with E-state index in [9.17, 15) is 13.2 Å². The molecule has 0 aliphatic carbocycles. The van der Waals surface area contributed by atoms with Crippen LogP contribution >= 0.6 is 0 Å². The number of ether oxygens (including phenoxy) is 1. The molecule has 0 aliphatic heterocycles. The molecule has 0 bridgehead atoms. The Morgan fingerprint density at radius 1 is 1.04 bits per heavy atom. The Morgan fingerprint density at radius 2 is 1.74 bits per heavy atom. The fourth-order valence-electron chi connectivity index (χ4n) is 2.63. The van der Waals surface area contributed by atoms with E-state index in [2.05, 4.69) is 14.9 Å². The SMILES string of the molecule is COc1ccc(NS(=O)(=O)c2cc(-c3ccc(=O)[nH]n3)cc(C)c2C)cc1. The van der Waals surface area contributed by atoms with Crippen LogP contribution in [0, 0.1) is 13.8 Å². The Balaban J connectivity index is 2.03. The maximum absolute atomic E-state index is 12.9. The number of benzene rings is 2. The standard InChI is InChI=1S/C19H19N3O4S/c1-12-10-14(17-8-9-19(23)21-20-17)11-18(13(12)2)27(24,25)22-15-4-6-16(26-3)7-5-15/h4-11,22H,1-3H3,(H,21,23). The van der Waals surface area contributed by atoms with E-state index in [1.54, 1.807) is 50.4 Å². The van der Waals surface area contributed by atoms with Crippen molar-refractivity contribution in [3.05, 3.63) is 70.0 Å². The fourth-order valence-corrected chi connectivity index (χ4v) is 4.03. The van der Waals surface area contributed by atoms with Crippen molar-refractivity contribution in [2.45, 2.75) is 18.7 Å². The predicted octanol–water partition coefficient (Wildman–Crippen LogP) is 2.86. The molecule has 0 fully saturated rings. The molecule has 1 aromatic heterocycles. The third kappa shape index (κ3) is 4.01. The molecule has 0 unspecified atom stereocenters. The minimum Gasteiger partial charge on any atom is -0.497 e. The number of aryl methyl sites for hydroxylation is 1. The van der Waals surface area contributed by atoms with Gasteiger partial charge in [-0.2, -0.15) is 5.10 Å². The van der Waals surface area contributed by atoms with Crippen molar-refractivity contribution in [3.63, 3.8) is 0 Å². The minimum absolute atomic E-state index is 0.154. The van der Waals surface area contributed by atoms with Crippen LogP contribution in [0.15, 0.2) is 58.2 Å². The largest absolute Gasteiger partial charge is 0.497 e. The molecular weight excluding hydrogens is 366 g/mol. The first-order chi connectivity index (χ1) is 12.8. The lowest BCUT2D eigenvalue weighted by molar-refractivity contribution is 0.415. The van der Waals surface area contributed by atoms with Crippen LogP contribution in [-0.4, -0.2) is 25.7 Å². The zero-order chi connectivity index (χ0) is 19.6. The smallest absolute Gasteiger partial charge is 0.264 e. The molecule has 0 radical (unpaired) electrons. The number of H-pyrrole nitrogens is 1. The molecule has 0 saturated heterocycles. The second-order valence-electron chi connectivity index (χ2n) is 6.06. The Hall–Kier alpha value is -3.13. The van der Waals surface area contributed by atoms with E-state index in [1.165, 1.54) is 6.07 Å². The number of aromatic amines is 1. The molecule has 0 atom stereocenters. The number of nitrogens with zero attached hydrogens (tertiary/aromatic N) is 1. The number of anilines is 1. The number of hydrogen-bond donors (Lipinski definition) is 2. The highest BCUT2D eigenvalue weighted by Crippen LogP contribution is 2.28. The van der Waals surface area contributed by atoms with Crippen LogP contribution in [0.1, 0.15) is 11.1 Å². The van der Waals surface area contributed by atoms with E-state index < -0.39 is 10.0 Å². The van der Waals surface area contributed by atoms with Crippen molar-refractivity contribution in [2.24, 2.45) is 0 Å². The van der Waals surface area contributed by atoms with Gasteiger partial charge in [-0.25, -0.2) is 13.5 Å². The normalized spacial score (nSPS) is 11.2. The van der Waals surface area contributed by atoms with E-state index in [0.29, 0.717) is 28.3 Å². The molecule has 27 heavy (non-hydrogen) atoms. The molecule has 140 valence electrons. The second kappa shape index (κ2) is 7.24. The first-order valence-corrected chi connectivity index (χ1v) is 9.63. The zero-order valence-electron chi connectivity index (χ0n) is 15.1. The van der Waals surface area contributed by atoms with Gasteiger partial charge in [-0.3, -0.25) is 9.52 Å².